The van der Waals surface area contributed by atoms with E-state index in [-0.39, 0.29) is 11.9 Å². The first-order valence-electron chi connectivity index (χ1n) is 6.04. The minimum absolute atomic E-state index is 0.137. The second-order valence-corrected chi connectivity index (χ2v) is 5.03. The van der Waals surface area contributed by atoms with Crippen molar-refractivity contribution in [2.24, 2.45) is 0 Å². The van der Waals surface area contributed by atoms with E-state index in [1.165, 1.54) is 0 Å². The Hall–Kier alpha value is -0.770. The van der Waals surface area contributed by atoms with Crippen LogP contribution in [0.15, 0.2) is 18.2 Å². The molecule has 0 aliphatic heterocycles. The van der Waals surface area contributed by atoms with E-state index in [9.17, 15) is 10.2 Å². The Labute approximate surface area is 106 Å². The van der Waals surface area contributed by atoms with Crippen molar-refractivity contribution in [2.45, 2.75) is 44.4 Å². The number of phenolic OH excluding ortho intramolecular Hbond substituents is 1. The van der Waals surface area contributed by atoms with E-state index in [2.05, 4.69) is 5.32 Å². The van der Waals surface area contributed by atoms with Crippen LogP contribution in [0.5, 0.6) is 5.75 Å². The van der Waals surface area contributed by atoms with Crippen molar-refractivity contribution >= 4 is 11.6 Å². The molecule has 1 fully saturated rings. The van der Waals surface area contributed by atoms with Crippen LogP contribution >= 0.6 is 11.6 Å². The largest absolute Gasteiger partial charge is 0.508 e. The highest BCUT2D eigenvalue weighted by Crippen LogP contribution is 2.26. The Balaban J connectivity index is 1.89. The standard InChI is InChI=1S/C13H18ClNO2/c14-12-2-1-3-13(17)11(12)8-15-9-4-6-10(16)7-5-9/h1-3,9-10,15-17H,4-8H2. The fourth-order valence-corrected chi connectivity index (χ4v) is 2.48. The Morgan fingerprint density at radius 2 is 1.94 bits per heavy atom. The molecule has 0 heterocycles. The van der Waals surface area contributed by atoms with Crippen LogP contribution in [0, 0.1) is 0 Å². The van der Waals surface area contributed by atoms with Gasteiger partial charge in [-0.25, -0.2) is 0 Å². The van der Waals surface area contributed by atoms with E-state index in [1.54, 1.807) is 18.2 Å². The first-order chi connectivity index (χ1) is 8.16. The highest BCUT2D eigenvalue weighted by Gasteiger charge is 2.19. The molecule has 0 amide bonds. The number of phenols is 1. The molecule has 0 aromatic heterocycles. The third-order valence-electron chi connectivity index (χ3n) is 3.36. The van der Waals surface area contributed by atoms with Gasteiger partial charge in [0.1, 0.15) is 5.75 Å². The Bertz CT molecular complexity index is 355. The summed E-state index contributed by atoms with van der Waals surface area (Å²) >= 11 is 6.03. The van der Waals surface area contributed by atoms with Crippen molar-refractivity contribution in [2.75, 3.05) is 0 Å². The van der Waals surface area contributed by atoms with Gasteiger partial charge in [0.25, 0.3) is 0 Å². The van der Waals surface area contributed by atoms with Gasteiger partial charge in [0.2, 0.25) is 0 Å². The molecular formula is C13H18ClNO2. The smallest absolute Gasteiger partial charge is 0.121 e. The van der Waals surface area contributed by atoms with Gasteiger partial charge in [0.05, 0.1) is 6.10 Å². The molecule has 1 aromatic rings. The lowest BCUT2D eigenvalue weighted by atomic mass is 9.93. The van der Waals surface area contributed by atoms with Crippen LogP contribution in [-0.4, -0.2) is 22.4 Å². The molecule has 1 aromatic carbocycles. The molecule has 4 heteroatoms. The summed E-state index contributed by atoms with van der Waals surface area (Å²) in [5.41, 5.74) is 0.750. The van der Waals surface area contributed by atoms with Gasteiger partial charge in [-0.05, 0) is 37.8 Å². The van der Waals surface area contributed by atoms with E-state index in [0.29, 0.717) is 17.6 Å². The van der Waals surface area contributed by atoms with E-state index >= 15 is 0 Å². The lowest BCUT2D eigenvalue weighted by molar-refractivity contribution is 0.116. The fourth-order valence-electron chi connectivity index (χ4n) is 2.25. The van der Waals surface area contributed by atoms with Crippen LogP contribution in [0.2, 0.25) is 5.02 Å². The maximum atomic E-state index is 9.70. The molecule has 3 N–H and O–H groups in total. The third-order valence-corrected chi connectivity index (χ3v) is 3.71. The highest BCUT2D eigenvalue weighted by atomic mass is 35.5. The molecule has 0 spiro atoms. The fraction of sp³-hybridized carbons (Fsp3) is 0.538. The van der Waals surface area contributed by atoms with Gasteiger partial charge >= 0.3 is 0 Å². The quantitative estimate of drug-likeness (QED) is 0.778. The monoisotopic (exact) mass is 255 g/mol. The Kier molecular flexibility index (Phi) is 4.26. The second kappa shape index (κ2) is 5.71. The summed E-state index contributed by atoms with van der Waals surface area (Å²) in [5.74, 6) is 0.237. The summed E-state index contributed by atoms with van der Waals surface area (Å²) in [5, 5.41) is 23.1. The number of hydrogen-bond donors (Lipinski definition) is 3. The molecule has 3 nitrogen and oxygen atoms in total. The average Bonchev–Trinajstić information content (AvgIpc) is 2.31. The van der Waals surface area contributed by atoms with Crippen LogP contribution in [0.4, 0.5) is 0 Å². The molecule has 1 aliphatic rings. The summed E-state index contributed by atoms with van der Waals surface area (Å²) < 4.78 is 0. The first-order valence-corrected chi connectivity index (χ1v) is 6.42. The van der Waals surface area contributed by atoms with Crippen molar-refractivity contribution in [1.29, 1.82) is 0 Å². The first kappa shape index (κ1) is 12.7. The van der Waals surface area contributed by atoms with Gasteiger partial charge in [-0.3, -0.25) is 0 Å². The molecule has 0 radical (unpaired) electrons. The molecule has 0 bridgehead atoms. The summed E-state index contributed by atoms with van der Waals surface area (Å²) in [7, 11) is 0. The molecule has 0 atom stereocenters. The Morgan fingerprint density at radius 1 is 1.24 bits per heavy atom. The van der Waals surface area contributed by atoms with E-state index < -0.39 is 0 Å². The van der Waals surface area contributed by atoms with E-state index in [0.717, 1.165) is 31.2 Å². The lowest BCUT2D eigenvalue weighted by Gasteiger charge is -2.26. The van der Waals surface area contributed by atoms with Gasteiger partial charge in [-0.15, -0.1) is 0 Å². The molecule has 1 saturated carbocycles. The zero-order chi connectivity index (χ0) is 12.3. The van der Waals surface area contributed by atoms with Crippen LogP contribution in [-0.2, 0) is 6.54 Å². The van der Waals surface area contributed by atoms with Crippen molar-refractivity contribution in [1.82, 2.24) is 5.32 Å². The number of halogens is 1. The zero-order valence-corrected chi connectivity index (χ0v) is 10.5. The molecular weight excluding hydrogens is 238 g/mol. The molecule has 1 aliphatic carbocycles. The second-order valence-electron chi connectivity index (χ2n) is 4.62. The summed E-state index contributed by atoms with van der Waals surface area (Å²) in [6.07, 6.45) is 3.53. The van der Waals surface area contributed by atoms with Gasteiger partial charge < -0.3 is 15.5 Å². The van der Waals surface area contributed by atoms with Crippen LogP contribution in [0.1, 0.15) is 31.2 Å². The van der Waals surface area contributed by atoms with Gasteiger partial charge in [-0.2, -0.15) is 0 Å². The molecule has 94 valence electrons. The van der Waals surface area contributed by atoms with Gasteiger partial charge in [0, 0.05) is 23.2 Å². The number of aliphatic hydroxyl groups is 1. The maximum absolute atomic E-state index is 9.70. The molecule has 2 rings (SSSR count). The van der Waals surface area contributed by atoms with E-state index in [1.807, 2.05) is 0 Å². The summed E-state index contributed by atoms with van der Waals surface area (Å²) in [6.45, 7) is 0.576. The van der Waals surface area contributed by atoms with Crippen LogP contribution in [0.25, 0.3) is 0 Å². The number of aromatic hydroxyl groups is 1. The summed E-state index contributed by atoms with van der Waals surface area (Å²) in [4.78, 5) is 0. The van der Waals surface area contributed by atoms with Gasteiger partial charge in [0.15, 0.2) is 0 Å². The van der Waals surface area contributed by atoms with Crippen molar-refractivity contribution in [3.63, 3.8) is 0 Å². The zero-order valence-electron chi connectivity index (χ0n) is 9.69. The lowest BCUT2D eigenvalue weighted by Crippen LogP contribution is -2.34. The van der Waals surface area contributed by atoms with Gasteiger partial charge in [-0.1, -0.05) is 17.7 Å². The average molecular weight is 256 g/mol. The summed E-state index contributed by atoms with van der Waals surface area (Å²) in [6, 6.07) is 5.57. The minimum atomic E-state index is -0.137. The van der Waals surface area contributed by atoms with Crippen LogP contribution in [0.3, 0.4) is 0 Å². The predicted octanol–water partition coefficient (Wildman–Crippen LogP) is 2.44. The third kappa shape index (κ3) is 3.35. The molecule has 0 unspecified atom stereocenters. The molecule has 17 heavy (non-hydrogen) atoms. The van der Waals surface area contributed by atoms with Crippen molar-refractivity contribution < 1.29 is 10.2 Å². The predicted molar refractivity (Wildman–Crippen MR) is 68.2 cm³/mol. The van der Waals surface area contributed by atoms with Crippen molar-refractivity contribution in [3.05, 3.63) is 28.8 Å². The number of rotatable bonds is 3. The SMILES string of the molecule is Oc1cccc(Cl)c1CNC1CCC(O)CC1. The number of nitrogens with one attached hydrogen (secondary N) is 1. The Morgan fingerprint density at radius 3 is 2.59 bits per heavy atom. The minimum Gasteiger partial charge on any atom is -0.508 e. The number of benzene rings is 1. The van der Waals surface area contributed by atoms with Crippen LogP contribution < -0.4 is 5.32 Å². The number of aliphatic hydroxyl groups excluding tert-OH is 1. The van der Waals surface area contributed by atoms with Crippen molar-refractivity contribution in [3.8, 4) is 5.75 Å². The number of hydrogen-bond acceptors (Lipinski definition) is 3. The normalized spacial score (nSPS) is 24.8. The van der Waals surface area contributed by atoms with E-state index in [4.69, 9.17) is 11.6 Å². The maximum Gasteiger partial charge on any atom is 0.121 e. The topological polar surface area (TPSA) is 52.5 Å². The highest BCUT2D eigenvalue weighted by molar-refractivity contribution is 6.31. The molecule has 0 saturated heterocycles.